The van der Waals surface area contributed by atoms with Crippen molar-refractivity contribution in [3.8, 4) is 11.5 Å². The fraction of sp³-hybridized carbons (Fsp3) is 0.310. The van der Waals surface area contributed by atoms with Crippen molar-refractivity contribution in [2.45, 2.75) is 44.3 Å². The molecule has 9 nitrogen and oxygen atoms in total. The molecule has 0 spiro atoms. The lowest BCUT2D eigenvalue weighted by Gasteiger charge is -2.32. The largest absolute Gasteiger partial charge is 0.493 e. The monoisotopic (exact) mass is 571 g/mol. The van der Waals surface area contributed by atoms with Crippen LogP contribution in [0.4, 0.5) is 10.1 Å². The fourth-order valence-corrected chi connectivity index (χ4v) is 5.45. The summed E-state index contributed by atoms with van der Waals surface area (Å²) in [5.74, 6) is -1.08. The summed E-state index contributed by atoms with van der Waals surface area (Å²) in [6, 6.07) is 16.8. The van der Waals surface area contributed by atoms with Gasteiger partial charge in [0.1, 0.15) is 18.4 Å². The van der Waals surface area contributed by atoms with Crippen LogP contribution in [0.15, 0.2) is 77.7 Å². The van der Waals surface area contributed by atoms with E-state index in [9.17, 15) is 22.4 Å². The molecule has 2 amide bonds. The Bertz CT molecular complexity index is 1430. The summed E-state index contributed by atoms with van der Waals surface area (Å²) in [6.07, 6.45) is 0. The lowest BCUT2D eigenvalue weighted by Crippen LogP contribution is -2.52. The van der Waals surface area contributed by atoms with Crippen molar-refractivity contribution < 1.29 is 31.9 Å². The molecule has 0 fully saturated rings. The molecule has 3 aromatic rings. The molecule has 40 heavy (non-hydrogen) atoms. The Morgan fingerprint density at radius 2 is 1.52 bits per heavy atom. The minimum Gasteiger partial charge on any atom is -0.493 e. The molecule has 3 rings (SSSR count). The van der Waals surface area contributed by atoms with Gasteiger partial charge in [0.05, 0.1) is 24.8 Å². The van der Waals surface area contributed by atoms with Crippen LogP contribution < -0.4 is 19.1 Å². The fourth-order valence-electron chi connectivity index (χ4n) is 4.03. The van der Waals surface area contributed by atoms with E-state index in [-0.39, 0.29) is 34.5 Å². The molecule has 11 heteroatoms. The lowest BCUT2D eigenvalue weighted by atomic mass is 10.1. The number of nitrogens with one attached hydrogen (secondary N) is 1. The summed E-state index contributed by atoms with van der Waals surface area (Å²) in [4.78, 5) is 28.0. The van der Waals surface area contributed by atoms with E-state index in [2.05, 4.69) is 5.32 Å². The molecule has 0 unspecified atom stereocenters. The van der Waals surface area contributed by atoms with E-state index in [0.717, 1.165) is 4.31 Å². The maximum atomic E-state index is 14.6. The minimum absolute atomic E-state index is 0.0381. The van der Waals surface area contributed by atoms with Gasteiger partial charge in [0.15, 0.2) is 11.5 Å². The van der Waals surface area contributed by atoms with Gasteiger partial charge in [0, 0.05) is 24.2 Å². The van der Waals surface area contributed by atoms with Crippen LogP contribution in [0.25, 0.3) is 0 Å². The van der Waals surface area contributed by atoms with Crippen LogP contribution in [-0.4, -0.2) is 58.0 Å². The molecule has 0 saturated heterocycles. The van der Waals surface area contributed by atoms with Crippen LogP contribution >= 0.6 is 0 Å². The highest BCUT2D eigenvalue weighted by molar-refractivity contribution is 7.92. The van der Waals surface area contributed by atoms with Crippen molar-refractivity contribution >= 4 is 27.5 Å². The highest BCUT2D eigenvalue weighted by atomic mass is 32.2. The Morgan fingerprint density at radius 3 is 2.12 bits per heavy atom. The molecular weight excluding hydrogens is 537 g/mol. The number of hydrogen-bond donors (Lipinski definition) is 1. The SMILES string of the molecule is COc1ccc(N(CC(=O)N(Cc2ccccc2F)[C@H](C)C(=O)NC(C)C)S(=O)(=O)c2ccccc2)cc1OC. The smallest absolute Gasteiger partial charge is 0.264 e. The second kappa shape index (κ2) is 13.3. The first-order valence-electron chi connectivity index (χ1n) is 12.6. The molecule has 1 N–H and O–H groups in total. The molecule has 0 heterocycles. The number of rotatable bonds is 12. The van der Waals surface area contributed by atoms with Crippen LogP contribution in [0.2, 0.25) is 0 Å². The summed E-state index contributed by atoms with van der Waals surface area (Å²) in [5, 5.41) is 2.76. The summed E-state index contributed by atoms with van der Waals surface area (Å²) < 4.78 is 53.9. The van der Waals surface area contributed by atoms with Gasteiger partial charge >= 0.3 is 0 Å². The average molecular weight is 572 g/mol. The standard InChI is InChI=1S/C29H34FN3O6S/c1-20(2)31-29(35)21(3)32(18-22-11-9-10-14-25(22)30)28(34)19-33(40(36,37)24-12-7-6-8-13-24)23-15-16-26(38-4)27(17-23)39-5/h6-17,20-21H,18-19H2,1-5H3,(H,31,35)/t21-/m1/s1. The van der Waals surface area contributed by atoms with E-state index in [1.807, 2.05) is 0 Å². The number of benzene rings is 3. The number of halogens is 1. The molecule has 0 aromatic heterocycles. The Labute approximate surface area is 234 Å². The molecule has 0 saturated carbocycles. The summed E-state index contributed by atoms with van der Waals surface area (Å²) in [6.45, 7) is 4.16. The predicted molar refractivity (Wildman–Crippen MR) is 150 cm³/mol. The topological polar surface area (TPSA) is 105 Å². The number of methoxy groups -OCH3 is 2. The first-order valence-corrected chi connectivity index (χ1v) is 14.1. The Kier molecular flexibility index (Phi) is 10.1. The highest BCUT2D eigenvalue weighted by Crippen LogP contribution is 2.34. The molecule has 0 radical (unpaired) electrons. The normalized spacial score (nSPS) is 12.0. The molecule has 0 aliphatic rings. The molecule has 1 atom stereocenters. The van der Waals surface area contributed by atoms with Gasteiger partial charge in [0.2, 0.25) is 11.8 Å². The Morgan fingerprint density at radius 1 is 0.900 bits per heavy atom. The van der Waals surface area contributed by atoms with Gasteiger partial charge in [-0.15, -0.1) is 0 Å². The van der Waals surface area contributed by atoms with Crippen molar-refractivity contribution in [2.24, 2.45) is 0 Å². The Hall–Kier alpha value is -4.12. The number of hydrogen-bond acceptors (Lipinski definition) is 6. The number of ether oxygens (including phenoxy) is 2. The first kappa shape index (κ1) is 30.4. The first-order chi connectivity index (χ1) is 19.0. The number of anilines is 1. The van der Waals surface area contributed by atoms with Crippen LogP contribution in [0.5, 0.6) is 11.5 Å². The van der Waals surface area contributed by atoms with E-state index in [1.54, 1.807) is 38.1 Å². The highest BCUT2D eigenvalue weighted by Gasteiger charge is 2.33. The van der Waals surface area contributed by atoms with Crippen LogP contribution in [0.3, 0.4) is 0 Å². The van der Waals surface area contributed by atoms with Crippen molar-refractivity contribution in [2.75, 3.05) is 25.1 Å². The van der Waals surface area contributed by atoms with Crippen LogP contribution in [0, 0.1) is 5.82 Å². The summed E-state index contributed by atoms with van der Waals surface area (Å²) >= 11 is 0. The van der Waals surface area contributed by atoms with E-state index in [0.29, 0.717) is 5.75 Å². The maximum Gasteiger partial charge on any atom is 0.264 e. The van der Waals surface area contributed by atoms with Crippen molar-refractivity contribution in [3.05, 3.63) is 84.2 Å². The van der Waals surface area contributed by atoms with Crippen LogP contribution in [-0.2, 0) is 26.2 Å². The zero-order valence-corrected chi connectivity index (χ0v) is 23.9. The predicted octanol–water partition coefficient (Wildman–Crippen LogP) is 3.98. The van der Waals surface area contributed by atoms with Gasteiger partial charge in [-0.05, 0) is 51.1 Å². The van der Waals surface area contributed by atoms with Gasteiger partial charge in [-0.2, -0.15) is 0 Å². The van der Waals surface area contributed by atoms with E-state index in [4.69, 9.17) is 9.47 Å². The van der Waals surface area contributed by atoms with Crippen molar-refractivity contribution in [1.29, 1.82) is 0 Å². The van der Waals surface area contributed by atoms with Gasteiger partial charge in [-0.3, -0.25) is 13.9 Å². The molecule has 0 bridgehead atoms. The number of carbonyl (C=O) groups is 2. The van der Waals surface area contributed by atoms with Crippen molar-refractivity contribution in [3.63, 3.8) is 0 Å². The quantitative estimate of drug-likeness (QED) is 0.353. The summed E-state index contributed by atoms with van der Waals surface area (Å²) in [7, 11) is -1.40. The zero-order valence-electron chi connectivity index (χ0n) is 23.1. The van der Waals surface area contributed by atoms with Gasteiger partial charge in [0.25, 0.3) is 10.0 Å². The number of nitrogens with zero attached hydrogens (tertiary/aromatic N) is 2. The van der Waals surface area contributed by atoms with Gasteiger partial charge < -0.3 is 19.7 Å². The summed E-state index contributed by atoms with van der Waals surface area (Å²) in [5.41, 5.74) is 0.323. The molecule has 0 aliphatic heterocycles. The molecule has 3 aromatic carbocycles. The second-order valence-electron chi connectivity index (χ2n) is 9.32. The zero-order chi connectivity index (χ0) is 29.4. The minimum atomic E-state index is -4.26. The van der Waals surface area contributed by atoms with E-state index >= 15 is 0 Å². The number of sulfonamides is 1. The van der Waals surface area contributed by atoms with Crippen LogP contribution in [0.1, 0.15) is 26.3 Å². The maximum absolute atomic E-state index is 14.6. The molecule has 0 aliphatic carbocycles. The van der Waals surface area contributed by atoms with Gasteiger partial charge in [-0.1, -0.05) is 36.4 Å². The third-order valence-corrected chi connectivity index (χ3v) is 7.95. The van der Waals surface area contributed by atoms with Gasteiger partial charge in [-0.25, -0.2) is 12.8 Å². The van der Waals surface area contributed by atoms with E-state index < -0.39 is 40.2 Å². The molecule has 214 valence electrons. The van der Waals surface area contributed by atoms with Crippen molar-refractivity contribution in [1.82, 2.24) is 10.2 Å². The second-order valence-corrected chi connectivity index (χ2v) is 11.2. The third-order valence-electron chi connectivity index (χ3n) is 6.16. The molecular formula is C29H34FN3O6S. The average Bonchev–Trinajstić information content (AvgIpc) is 2.94. The lowest BCUT2D eigenvalue weighted by molar-refractivity contribution is -0.139. The number of amides is 2. The van der Waals surface area contributed by atoms with E-state index in [1.165, 1.54) is 74.6 Å². The Balaban J connectivity index is 2.09. The third kappa shape index (κ3) is 7.09. The number of carbonyl (C=O) groups excluding carboxylic acids is 2.